The number of rotatable bonds is 3. The fraction of sp³-hybridized carbons (Fsp3) is 0.0476. The Morgan fingerprint density at radius 2 is 1.85 bits per heavy atom. The summed E-state index contributed by atoms with van der Waals surface area (Å²) in [5.74, 6) is 1.58. The third-order valence-electron chi connectivity index (χ3n) is 4.65. The van der Waals surface area contributed by atoms with Crippen molar-refractivity contribution in [3.63, 3.8) is 0 Å². The lowest BCUT2D eigenvalue weighted by atomic mass is 10.1. The van der Waals surface area contributed by atoms with Crippen molar-refractivity contribution in [3.05, 3.63) is 78.8 Å². The summed E-state index contributed by atoms with van der Waals surface area (Å²) in [6.45, 7) is 2.09. The molecule has 0 aliphatic heterocycles. The summed E-state index contributed by atoms with van der Waals surface area (Å²) >= 11 is 0. The lowest BCUT2D eigenvalue weighted by Gasteiger charge is -2.10. The molecule has 2 aromatic carbocycles. The molecule has 2 N–H and O–H groups in total. The van der Waals surface area contributed by atoms with E-state index >= 15 is 0 Å². The van der Waals surface area contributed by atoms with E-state index in [9.17, 15) is 0 Å². The summed E-state index contributed by atoms with van der Waals surface area (Å²) in [5, 5.41) is 4.71. The number of nitrogens with zero attached hydrogens (tertiary/aromatic N) is 3. The van der Waals surface area contributed by atoms with Gasteiger partial charge in [0.15, 0.2) is 0 Å². The van der Waals surface area contributed by atoms with E-state index in [1.165, 1.54) is 5.56 Å². The Bertz CT molecular complexity index is 1230. The van der Waals surface area contributed by atoms with Crippen LogP contribution in [0.1, 0.15) is 5.56 Å². The molecule has 0 aliphatic carbocycles. The highest BCUT2D eigenvalue weighted by atomic mass is 15.2. The number of aryl methyl sites for hydroxylation is 1. The van der Waals surface area contributed by atoms with E-state index in [4.69, 9.17) is 4.98 Å². The van der Waals surface area contributed by atoms with Gasteiger partial charge in [0.25, 0.3) is 0 Å². The van der Waals surface area contributed by atoms with Crippen LogP contribution in [0.4, 0.5) is 11.5 Å². The number of aromatic amines is 1. The van der Waals surface area contributed by atoms with E-state index in [-0.39, 0.29) is 0 Å². The van der Waals surface area contributed by atoms with E-state index in [0.29, 0.717) is 5.78 Å². The molecule has 0 saturated carbocycles. The molecule has 0 amide bonds. The average Bonchev–Trinajstić information content (AvgIpc) is 3.25. The van der Waals surface area contributed by atoms with Crippen LogP contribution in [-0.2, 0) is 0 Å². The van der Waals surface area contributed by atoms with Crippen molar-refractivity contribution >= 4 is 28.2 Å². The largest absolute Gasteiger partial charge is 0.360 e. The second-order valence-corrected chi connectivity index (χ2v) is 6.29. The second kappa shape index (κ2) is 5.74. The van der Waals surface area contributed by atoms with Gasteiger partial charge in [0.1, 0.15) is 11.5 Å². The Kier molecular flexibility index (Phi) is 3.25. The van der Waals surface area contributed by atoms with Gasteiger partial charge in [-0.25, -0.2) is 9.97 Å². The number of hydrogen-bond donors (Lipinski definition) is 2. The van der Waals surface area contributed by atoms with Crippen LogP contribution in [0.3, 0.4) is 0 Å². The summed E-state index contributed by atoms with van der Waals surface area (Å²) in [6, 6.07) is 18.4. The Labute approximate surface area is 150 Å². The fourth-order valence-corrected chi connectivity index (χ4v) is 3.30. The summed E-state index contributed by atoms with van der Waals surface area (Å²) in [6.07, 6.45) is 5.75. The van der Waals surface area contributed by atoms with E-state index < -0.39 is 0 Å². The van der Waals surface area contributed by atoms with Gasteiger partial charge >= 0.3 is 0 Å². The maximum atomic E-state index is 4.80. The number of H-pyrrole nitrogens is 1. The predicted molar refractivity (Wildman–Crippen MR) is 105 cm³/mol. The van der Waals surface area contributed by atoms with Crippen molar-refractivity contribution in [3.8, 4) is 11.3 Å². The van der Waals surface area contributed by atoms with Crippen LogP contribution >= 0.6 is 0 Å². The Hall–Kier alpha value is -3.60. The molecule has 0 bridgehead atoms. The molecular weight excluding hydrogens is 322 g/mol. The normalized spacial score (nSPS) is 11.3. The van der Waals surface area contributed by atoms with Crippen LogP contribution < -0.4 is 5.32 Å². The predicted octanol–water partition coefficient (Wildman–Crippen LogP) is 4.93. The fourth-order valence-electron chi connectivity index (χ4n) is 3.30. The first-order valence-corrected chi connectivity index (χ1v) is 8.53. The number of hydrogen-bond acceptors (Lipinski definition) is 3. The number of imidazole rings is 1. The van der Waals surface area contributed by atoms with Crippen molar-refractivity contribution in [2.75, 3.05) is 5.32 Å². The van der Waals surface area contributed by atoms with Gasteiger partial charge in [-0.2, -0.15) is 0 Å². The zero-order valence-electron chi connectivity index (χ0n) is 14.3. The molecule has 0 atom stereocenters. The maximum absolute atomic E-state index is 4.80. The highest BCUT2D eigenvalue weighted by Gasteiger charge is 2.18. The summed E-state index contributed by atoms with van der Waals surface area (Å²) in [7, 11) is 0. The molecule has 3 aromatic heterocycles. The molecule has 0 radical (unpaired) electrons. The standard InChI is InChI=1S/C21H17N5/c1-14-7-2-4-9-17(14)24-20-19(25-21-22-11-6-12-26(20)21)16-13-23-18-10-5-3-8-15(16)18/h2-13,23-24H,1H3. The highest BCUT2D eigenvalue weighted by molar-refractivity contribution is 5.98. The second-order valence-electron chi connectivity index (χ2n) is 6.29. The zero-order valence-corrected chi connectivity index (χ0v) is 14.3. The molecule has 0 spiro atoms. The minimum Gasteiger partial charge on any atom is -0.360 e. The lowest BCUT2D eigenvalue weighted by molar-refractivity contribution is 1.11. The van der Waals surface area contributed by atoms with Crippen molar-refractivity contribution in [1.29, 1.82) is 0 Å². The molecule has 126 valence electrons. The summed E-state index contributed by atoms with van der Waals surface area (Å²) in [4.78, 5) is 12.6. The van der Waals surface area contributed by atoms with Crippen LogP contribution in [-0.4, -0.2) is 19.4 Å². The van der Waals surface area contributed by atoms with E-state index in [1.807, 2.05) is 47.1 Å². The van der Waals surface area contributed by atoms with E-state index in [2.05, 4.69) is 46.5 Å². The number of anilines is 2. The maximum Gasteiger partial charge on any atom is 0.235 e. The van der Waals surface area contributed by atoms with E-state index in [0.717, 1.165) is 33.7 Å². The first kappa shape index (κ1) is 14.7. The van der Waals surface area contributed by atoms with Gasteiger partial charge in [-0.05, 0) is 30.7 Å². The van der Waals surface area contributed by atoms with Gasteiger partial charge in [0, 0.05) is 40.7 Å². The summed E-state index contributed by atoms with van der Waals surface area (Å²) < 4.78 is 1.99. The van der Waals surface area contributed by atoms with Crippen molar-refractivity contribution in [1.82, 2.24) is 19.4 Å². The van der Waals surface area contributed by atoms with Gasteiger partial charge in [0.2, 0.25) is 5.78 Å². The van der Waals surface area contributed by atoms with Crippen LogP contribution in [0.5, 0.6) is 0 Å². The molecule has 26 heavy (non-hydrogen) atoms. The van der Waals surface area contributed by atoms with Gasteiger partial charge in [-0.1, -0.05) is 36.4 Å². The van der Waals surface area contributed by atoms with Gasteiger partial charge < -0.3 is 10.3 Å². The minimum absolute atomic E-state index is 0.670. The number of para-hydroxylation sites is 2. The van der Waals surface area contributed by atoms with Gasteiger partial charge in [-0.3, -0.25) is 4.40 Å². The molecule has 5 heteroatoms. The average molecular weight is 339 g/mol. The van der Waals surface area contributed by atoms with Crippen molar-refractivity contribution in [2.24, 2.45) is 0 Å². The van der Waals surface area contributed by atoms with Gasteiger partial charge in [0.05, 0.1) is 0 Å². The first-order valence-electron chi connectivity index (χ1n) is 8.53. The topological polar surface area (TPSA) is 58.0 Å². The monoisotopic (exact) mass is 339 g/mol. The first-order chi connectivity index (χ1) is 12.8. The third-order valence-corrected chi connectivity index (χ3v) is 4.65. The quantitative estimate of drug-likeness (QED) is 0.490. The molecule has 5 aromatic rings. The van der Waals surface area contributed by atoms with Crippen LogP contribution in [0.2, 0.25) is 0 Å². The number of fused-ring (bicyclic) bond motifs is 2. The number of benzene rings is 2. The molecule has 5 rings (SSSR count). The molecule has 0 fully saturated rings. The van der Waals surface area contributed by atoms with Crippen LogP contribution in [0.15, 0.2) is 73.2 Å². The number of aromatic nitrogens is 4. The molecule has 0 unspecified atom stereocenters. The van der Waals surface area contributed by atoms with Crippen molar-refractivity contribution in [2.45, 2.75) is 6.92 Å². The van der Waals surface area contributed by atoms with Crippen molar-refractivity contribution < 1.29 is 0 Å². The SMILES string of the molecule is Cc1ccccc1Nc1c(-c2c[nH]c3ccccc23)nc2ncccn12. The number of nitrogens with one attached hydrogen (secondary N) is 2. The molecule has 0 aliphatic rings. The smallest absolute Gasteiger partial charge is 0.235 e. The zero-order chi connectivity index (χ0) is 17.5. The van der Waals surface area contributed by atoms with Gasteiger partial charge in [-0.15, -0.1) is 0 Å². The molecule has 0 saturated heterocycles. The van der Waals surface area contributed by atoms with Crippen LogP contribution in [0.25, 0.3) is 27.9 Å². The third kappa shape index (κ3) is 2.25. The molecule has 3 heterocycles. The Morgan fingerprint density at radius 3 is 2.77 bits per heavy atom. The minimum atomic E-state index is 0.670. The van der Waals surface area contributed by atoms with E-state index in [1.54, 1.807) is 6.20 Å². The molecule has 5 nitrogen and oxygen atoms in total. The molecular formula is C21H17N5. The van der Waals surface area contributed by atoms with Crippen LogP contribution in [0, 0.1) is 6.92 Å². The lowest BCUT2D eigenvalue weighted by Crippen LogP contribution is -1.98. The highest BCUT2D eigenvalue weighted by Crippen LogP contribution is 2.35. The Balaban J connectivity index is 1.76. The summed E-state index contributed by atoms with van der Waals surface area (Å²) in [5.41, 5.74) is 5.26. The Morgan fingerprint density at radius 1 is 1.00 bits per heavy atom.